The summed E-state index contributed by atoms with van der Waals surface area (Å²) in [6, 6.07) is 5.41. The number of aryl methyl sites for hydroxylation is 1. The Morgan fingerprint density at radius 1 is 1.37 bits per heavy atom. The molecule has 19 heavy (non-hydrogen) atoms. The van der Waals surface area contributed by atoms with E-state index in [1.54, 1.807) is 6.07 Å². The molecule has 0 fully saturated rings. The molecule has 2 N–H and O–H groups in total. The van der Waals surface area contributed by atoms with Gasteiger partial charge in [0.05, 0.1) is 4.99 Å². The highest BCUT2D eigenvalue weighted by atomic mass is 32.1. The zero-order valence-corrected chi connectivity index (χ0v) is 12.4. The van der Waals surface area contributed by atoms with Crippen LogP contribution in [-0.4, -0.2) is 48.8 Å². The molecule has 0 saturated heterocycles. The molecule has 0 aliphatic carbocycles. The van der Waals surface area contributed by atoms with Gasteiger partial charge >= 0.3 is 6.09 Å². The lowest BCUT2D eigenvalue weighted by Gasteiger charge is -2.17. The molecule has 0 heterocycles. The van der Waals surface area contributed by atoms with Gasteiger partial charge in [0.15, 0.2) is 0 Å². The third kappa shape index (κ3) is 4.50. The molecule has 0 spiro atoms. The average Bonchev–Trinajstić information content (AvgIpc) is 2.29. The van der Waals surface area contributed by atoms with Crippen LogP contribution < -0.4 is 10.2 Å². The molecule has 1 rings (SSSR count). The van der Waals surface area contributed by atoms with E-state index < -0.39 is 6.09 Å². The Morgan fingerprint density at radius 2 is 2.00 bits per heavy atom. The van der Waals surface area contributed by atoms with Crippen LogP contribution in [0.2, 0.25) is 0 Å². The number of benzene rings is 1. The fourth-order valence-electron chi connectivity index (χ4n) is 1.58. The van der Waals surface area contributed by atoms with Crippen molar-refractivity contribution in [1.82, 2.24) is 4.90 Å². The molecule has 1 aromatic rings. The molecular weight excluding hydrogens is 262 g/mol. The Hall–Kier alpha value is -1.66. The number of rotatable bonds is 4. The van der Waals surface area contributed by atoms with Gasteiger partial charge < -0.3 is 15.3 Å². The number of carbonyl (C=O) groups is 1. The summed E-state index contributed by atoms with van der Waals surface area (Å²) in [7, 11) is 5.42. The Bertz CT molecular complexity index is 489. The first kappa shape index (κ1) is 15.4. The molecule has 0 aliphatic heterocycles. The van der Waals surface area contributed by atoms with Gasteiger partial charge in [0.1, 0.15) is 0 Å². The summed E-state index contributed by atoms with van der Waals surface area (Å²) in [5.41, 5.74) is 2.48. The number of amides is 1. The first-order valence-corrected chi connectivity index (χ1v) is 6.24. The molecule has 0 aliphatic rings. The topological polar surface area (TPSA) is 55.8 Å². The first-order valence-electron chi connectivity index (χ1n) is 5.83. The molecule has 0 unspecified atom stereocenters. The number of likely N-dealkylation sites (N-methyl/N-ethyl adjacent to an activating group) is 1. The Balaban J connectivity index is 2.83. The highest BCUT2D eigenvalue weighted by Gasteiger charge is 2.10. The van der Waals surface area contributed by atoms with Gasteiger partial charge in [-0.1, -0.05) is 12.2 Å². The number of carboxylic acid groups (broad SMARTS) is 1. The highest BCUT2D eigenvalue weighted by molar-refractivity contribution is 7.80. The molecule has 0 saturated carbocycles. The van der Waals surface area contributed by atoms with Crippen LogP contribution in [0, 0.1) is 6.92 Å². The van der Waals surface area contributed by atoms with Gasteiger partial charge in [0.25, 0.3) is 0 Å². The van der Waals surface area contributed by atoms with Crippen molar-refractivity contribution in [1.29, 1.82) is 0 Å². The molecule has 1 aromatic carbocycles. The second-order valence-electron chi connectivity index (χ2n) is 4.63. The van der Waals surface area contributed by atoms with Crippen molar-refractivity contribution in [3.8, 4) is 0 Å². The van der Waals surface area contributed by atoms with Crippen molar-refractivity contribution in [2.75, 3.05) is 37.9 Å². The van der Waals surface area contributed by atoms with E-state index in [-0.39, 0.29) is 0 Å². The van der Waals surface area contributed by atoms with Gasteiger partial charge in [-0.15, -0.1) is 0 Å². The van der Waals surface area contributed by atoms with Crippen molar-refractivity contribution in [2.45, 2.75) is 6.92 Å². The summed E-state index contributed by atoms with van der Waals surface area (Å²) in [5, 5.41) is 12.1. The fourth-order valence-corrected chi connectivity index (χ4v) is 1.95. The van der Waals surface area contributed by atoms with E-state index in [1.165, 1.54) is 11.9 Å². The molecule has 1 amide bonds. The highest BCUT2D eigenvalue weighted by Crippen LogP contribution is 2.22. The maximum atomic E-state index is 10.9. The third-order valence-electron chi connectivity index (χ3n) is 2.62. The van der Waals surface area contributed by atoms with E-state index in [9.17, 15) is 4.79 Å². The molecule has 0 atom stereocenters. The minimum atomic E-state index is -0.983. The maximum Gasteiger partial charge on any atom is 0.411 e. The summed E-state index contributed by atoms with van der Waals surface area (Å²) in [4.78, 5) is 14.8. The van der Waals surface area contributed by atoms with Gasteiger partial charge in [-0.25, -0.2) is 4.79 Å². The number of nitrogens with zero attached hydrogens (tertiary/aromatic N) is 2. The minimum absolute atomic E-state index is 0.633. The summed E-state index contributed by atoms with van der Waals surface area (Å²) in [5.74, 6) is 0. The maximum absolute atomic E-state index is 10.9. The lowest BCUT2D eigenvalue weighted by molar-refractivity contribution is 0.203. The predicted molar refractivity (Wildman–Crippen MR) is 82.4 cm³/mol. The minimum Gasteiger partial charge on any atom is -0.465 e. The number of thiocarbonyl (C=S) groups is 1. The normalized spacial score (nSPS) is 10.4. The Labute approximate surface area is 118 Å². The second kappa shape index (κ2) is 6.49. The quantitative estimate of drug-likeness (QED) is 0.830. The monoisotopic (exact) mass is 281 g/mol. The summed E-state index contributed by atoms with van der Waals surface area (Å²) >= 11 is 5.24. The number of hydrogen-bond donors (Lipinski definition) is 2. The van der Waals surface area contributed by atoms with Crippen LogP contribution in [0.25, 0.3) is 0 Å². The predicted octanol–water partition coefficient (Wildman–Crippen LogP) is 2.41. The first-order chi connectivity index (χ1) is 8.81. The van der Waals surface area contributed by atoms with Crippen LogP contribution >= 0.6 is 12.2 Å². The van der Waals surface area contributed by atoms with Gasteiger partial charge in [0.2, 0.25) is 0 Å². The summed E-state index contributed by atoms with van der Waals surface area (Å²) < 4.78 is 0. The molecule has 6 heteroatoms. The number of hydrogen-bond acceptors (Lipinski definition) is 3. The number of anilines is 2. The lowest BCUT2D eigenvalue weighted by atomic mass is 10.1. The summed E-state index contributed by atoms with van der Waals surface area (Å²) in [6.45, 7) is 2.59. The third-order valence-corrected chi connectivity index (χ3v) is 2.85. The average molecular weight is 281 g/mol. The van der Waals surface area contributed by atoms with E-state index in [0.717, 1.165) is 16.2 Å². The zero-order valence-electron chi connectivity index (χ0n) is 11.6. The van der Waals surface area contributed by atoms with Crippen molar-refractivity contribution in [3.63, 3.8) is 0 Å². The van der Waals surface area contributed by atoms with Gasteiger partial charge in [0, 0.05) is 25.0 Å². The van der Waals surface area contributed by atoms with E-state index in [1.807, 2.05) is 38.1 Å². The van der Waals surface area contributed by atoms with Gasteiger partial charge in [-0.2, -0.15) is 0 Å². The number of nitrogens with one attached hydrogen (secondary N) is 1. The van der Waals surface area contributed by atoms with E-state index in [0.29, 0.717) is 12.2 Å². The van der Waals surface area contributed by atoms with Crippen LogP contribution in [0.5, 0.6) is 0 Å². The van der Waals surface area contributed by atoms with Crippen molar-refractivity contribution in [3.05, 3.63) is 23.8 Å². The van der Waals surface area contributed by atoms with Gasteiger partial charge in [-0.05, 0) is 44.8 Å². The van der Waals surface area contributed by atoms with Gasteiger partial charge in [-0.3, -0.25) is 4.90 Å². The van der Waals surface area contributed by atoms with Crippen LogP contribution in [0.15, 0.2) is 18.2 Å². The molecule has 104 valence electrons. The van der Waals surface area contributed by atoms with Crippen LogP contribution in [0.3, 0.4) is 0 Å². The largest absolute Gasteiger partial charge is 0.465 e. The van der Waals surface area contributed by atoms with Crippen molar-refractivity contribution >= 4 is 34.7 Å². The Kier molecular flexibility index (Phi) is 5.26. The van der Waals surface area contributed by atoms with Crippen LogP contribution in [0.1, 0.15) is 5.56 Å². The van der Waals surface area contributed by atoms with Crippen molar-refractivity contribution < 1.29 is 9.90 Å². The van der Waals surface area contributed by atoms with E-state index in [4.69, 9.17) is 17.3 Å². The second-order valence-corrected chi connectivity index (χ2v) is 5.12. The SMILES string of the molecule is Cc1cc(N(C)C(=O)O)ccc1NC(=S)CN(C)C. The zero-order chi connectivity index (χ0) is 14.6. The standard InChI is InChI=1S/C13H19N3O2S/c1-9-7-10(16(4)13(17)18)5-6-11(9)14-12(19)8-15(2)3/h5-7H,8H2,1-4H3,(H,14,19)(H,17,18). The molecule has 5 nitrogen and oxygen atoms in total. The fraction of sp³-hybridized carbons (Fsp3) is 0.385. The van der Waals surface area contributed by atoms with E-state index >= 15 is 0 Å². The van der Waals surface area contributed by atoms with Crippen molar-refractivity contribution in [2.24, 2.45) is 0 Å². The Morgan fingerprint density at radius 3 is 2.47 bits per heavy atom. The smallest absolute Gasteiger partial charge is 0.411 e. The molecule has 0 aromatic heterocycles. The molecular formula is C13H19N3O2S. The van der Waals surface area contributed by atoms with E-state index in [2.05, 4.69) is 5.32 Å². The lowest BCUT2D eigenvalue weighted by Crippen LogP contribution is -2.26. The van der Waals surface area contributed by atoms with Crippen LogP contribution in [-0.2, 0) is 0 Å². The molecule has 0 radical (unpaired) electrons. The van der Waals surface area contributed by atoms with Crippen LogP contribution in [0.4, 0.5) is 16.2 Å². The molecule has 0 bridgehead atoms. The summed E-state index contributed by atoms with van der Waals surface area (Å²) in [6.07, 6.45) is -0.983.